The Kier molecular flexibility index (Phi) is 6.99. The minimum atomic E-state index is -1.03. The lowest BCUT2D eigenvalue weighted by molar-refractivity contribution is -0.163. The van der Waals surface area contributed by atoms with Crippen LogP contribution < -0.4 is 0 Å². The Morgan fingerprint density at radius 2 is 1.60 bits per heavy atom. The zero-order valence-electron chi connectivity index (χ0n) is 15.2. The fraction of sp³-hybridized carbons (Fsp3) is 0.941. The van der Waals surface area contributed by atoms with Gasteiger partial charge in [-0.05, 0) is 31.1 Å². The number of ether oxygens (including phenoxy) is 1. The summed E-state index contributed by atoms with van der Waals surface area (Å²) in [4.78, 5) is 12.6. The van der Waals surface area contributed by atoms with Crippen LogP contribution in [0.1, 0.15) is 54.4 Å². The van der Waals surface area contributed by atoms with E-state index in [4.69, 9.17) is 4.74 Å². The fourth-order valence-corrected chi connectivity index (χ4v) is 3.64. The summed E-state index contributed by atoms with van der Waals surface area (Å²) in [6.45, 7) is 20.5. The topological polar surface area (TPSA) is 26.3 Å². The average molecular weight is 301 g/mol. The van der Waals surface area contributed by atoms with Crippen LogP contribution in [0.5, 0.6) is 0 Å². The van der Waals surface area contributed by atoms with E-state index in [1.165, 1.54) is 6.04 Å². The maximum atomic E-state index is 12.6. The van der Waals surface area contributed by atoms with Crippen LogP contribution in [0.25, 0.3) is 0 Å². The third-order valence-electron chi connectivity index (χ3n) is 4.23. The summed E-state index contributed by atoms with van der Waals surface area (Å²) in [5.74, 6) is 0.475. The first-order chi connectivity index (χ1) is 8.79. The summed E-state index contributed by atoms with van der Waals surface area (Å²) in [6.07, 6.45) is 1.88. The summed E-state index contributed by atoms with van der Waals surface area (Å²) < 4.78 is 5.61. The van der Waals surface area contributed by atoms with Crippen LogP contribution in [0.2, 0.25) is 25.7 Å². The molecular weight excluding hydrogens is 264 g/mol. The Bertz CT molecular complexity index is 310. The van der Waals surface area contributed by atoms with E-state index in [-0.39, 0.29) is 11.4 Å². The zero-order chi connectivity index (χ0) is 16.2. The summed E-state index contributed by atoms with van der Waals surface area (Å²) in [6, 6.07) is 1.22. The van der Waals surface area contributed by atoms with E-state index in [2.05, 4.69) is 61.2 Å². The average Bonchev–Trinajstić information content (AvgIpc) is 2.19. The van der Waals surface area contributed by atoms with E-state index in [0.717, 1.165) is 12.8 Å². The molecule has 0 aliphatic rings. The van der Waals surface area contributed by atoms with Gasteiger partial charge in [0.25, 0.3) is 0 Å². The molecule has 0 aliphatic heterocycles. The van der Waals surface area contributed by atoms with Gasteiger partial charge in [0.05, 0.1) is 12.0 Å². The van der Waals surface area contributed by atoms with Gasteiger partial charge in [-0.25, -0.2) is 0 Å². The minimum Gasteiger partial charge on any atom is -0.465 e. The summed E-state index contributed by atoms with van der Waals surface area (Å²) in [7, 11) is -1.03. The van der Waals surface area contributed by atoms with Crippen LogP contribution in [0.3, 0.4) is 0 Å². The molecule has 0 rings (SSSR count). The smallest absolute Gasteiger partial charge is 0.312 e. The Morgan fingerprint density at radius 1 is 1.10 bits per heavy atom. The van der Waals surface area contributed by atoms with E-state index in [1.807, 2.05) is 0 Å². The molecule has 1 atom stereocenters. The SMILES string of the molecule is CC(C)CC(C)(C(=O)OCCC[Si](C)(C)C)C(C)(C)C. The lowest BCUT2D eigenvalue weighted by Crippen LogP contribution is -2.42. The van der Waals surface area contributed by atoms with E-state index >= 15 is 0 Å². The van der Waals surface area contributed by atoms with Crippen molar-refractivity contribution in [2.45, 2.75) is 80.1 Å². The Hall–Kier alpha value is -0.313. The van der Waals surface area contributed by atoms with Crippen molar-refractivity contribution >= 4 is 14.0 Å². The van der Waals surface area contributed by atoms with Crippen LogP contribution in [0.4, 0.5) is 0 Å². The van der Waals surface area contributed by atoms with Gasteiger partial charge in [-0.3, -0.25) is 4.79 Å². The Balaban J connectivity index is 4.59. The van der Waals surface area contributed by atoms with Crippen LogP contribution in [0.15, 0.2) is 0 Å². The van der Waals surface area contributed by atoms with Gasteiger partial charge in [0.1, 0.15) is 0 Å². The molecule has 0 bridgehead atoms. The highest BCUT2D eigenvalue weighted by Gasteiger charge is 2.45. The van der Waals surface area contributed by atoms with Gasteiger partial charge in [0.2, 0.25) is 0 Å². The molecular formula is C17H36O2Si. The normalized spacial score (nSPS) is 16.1. The van der Waals surface area contributed by atoms with Crippen molar-refractivity contribution in [3.05, 3.63) is 0 Å². The van der Waals surface area contributed by atoms with Crippen molar-refractivity contribution in [1.29, 1.82) is 0 Å². The third kappa shape index (κ3) is 6.42. The van der Waals surface area contributed by atoms with Crippen molar-refractivity contribution < 1.29 is 9.53 Å². The highest BCUT2D eigenvalue weighted by Crippen LogP contribution is 2.44. The molecule has 120 valence electrons. The zero-order valence-corrected chi connectivity index (χ0v) is 16.2. The minimum absolute atomic E-state index is 0.0192. The summed E-state index contributed by atoms with van der Waals surface area (Å²) in [5, 5.41) is 0. The number of hydrogen-bond acceptors (Lipinski definition) is 2. The largest absolute Gasteiger partial charge is 0.465 e. The van der Waals surface area contributed by atoms with Gasteiger partial charge < -0.3 is 4.74 Å². The second-order valence-corrected chi connectivity index (χ2v) is 14.6. The monoisotopic (exact) mass is 300 g/mol. The van der Waals surface area contributed by atoms with E-state index < -0.39 is 13.5 Å². The molecule has 1 unspecified atom stereocenters. The molecule has 0 aromatic heterocycles. The molecule has 3 heteroatoms. The van der Waals surface area contributed by atoms with Crippen LogP contribution in [0, 0.1) is 16.7 Å². The molecule has 0 N–H and O–H groups in total. The predicted molar refractivity (Wildman–Crippen MR) is 90.7 cm³/mol. The molecule has 0 aromatic rings. The first-order valence-electron chi connectivity index (χ1n) is 7.97. The van der Waals surface area contributed by atoms with Crippen molar-refractivity contribution in [1.82, 2.24) is 0 Å². The second-order valence-electron chi connectivity index (χ2n) is 8.98. The van der Waals surface area contributed by atoms with Crippen LogP contribution in [-0.4, -0.2) is 20.7 Å². The highest BCUT2D eigenvalue weighted by atomic mass is 28.3. The van der Waals surface area contributed by atoms with Gasteiger partial charge in [-0.1, -0.05) is 60.3 Å². The molecule has 0 saturated carbocycles. The number of rotatable bonds is 7. The molecule has 2 nitrogen and oxygen atoms in total. The molecule has 0 spiro atoms. The molecule has 20 heavy (non-hydrogen) atoms. The van der Waals surface area contributed by atoms with Gasteiger partial charge in [0, 0.05) is 8.07 Å². The number of carbonyl (C=O) groups is 1. The number of esters is 1. The summed E-state index contributed by atoms with van der Waals surface area (Å²) in [5.41, 5.74) is -0.479. The Labute approximate surface area is 127 Å². The van der Waals surface area contributed by atoms with Crippen molar-refractivity contribution in [2.24, 2.45) is 16.7 Å². The molecule has 0 aromatic carbocycles. The first kappa shape index (κ1) is 19.7. The maximum Gasteiger partial charge on any atom is 0.312 e. The van der Waals surface area contributed by atoms with Crippen molar-refractivity contribution in [3.8, 4) is 0 Å². The fourth-order valence-electron chi connectivity index (χ4n) is 2.44. The molecule has 0 saturated heterocycles. The van der Waals surface area contributed by atoms with E-state index in [9.17, 15) is 4.79 Å². The molecule has 0 aliphatic carbocycles. The van der Waals surface area contributed by atoms with Crippen LogP contribution in [-0.2, 0) is 9.53 Å². The quantitative estimate of drug-likeness (QED) is 0.359. The lowest BCUT2D eigenvalue weighted by atomic mass is 9.64. The van der Waals surface area contributed by atoms with Crippen molar-refractivity contribution in [3.63, 3.8) is 0 Å². The van der Waals surface area contributed by atoms with Gasteiger partial charge >= 0.3 is 5.97 Å². The van der Waals surface area contributed by atoms with Gasteiger partial charge in [0.15, 0.2) is 0 Å². The molecule has 0 fully saturated rings. The maximum absolute atomic E-state index is 12.6. The highest BCUT2D eigenvalue weighted by molar-refractivity contribution is 6.76. The summed E-state index contributed by atoms with van der Waals surface area (Å²) >= 11 is 0. The molecule has 0 amide bonds. The molecule has 0 radical (unpaired) electrons. The van der Waals surface area contributed by atoms with E-state index in [1.54, 1.807) is 0 Å². The number of carbonyl (C=O) groups excluding carboxylic acids is 1. The van der Waals surface area contributed by atoms with Crippen molar-refractivity contribution in [2.75, 3.05) is 6.61 Å². The van der Waals surface area contributed by atoms with E-state index in [0.29, 0.717) is 12.5 Å². The van der Waals surface area contributed by atoms with Crippen LogP contribution >= 0.6 is 0 Å². The van der Waals surface area contributed by atoms with Gasteiger partial charge in [-0.2, -0.15) is 0 Å². The predicted octanol–water partition coefficient (Wildman–Crippen LogP) is 5.36. The first-order valence-corrected chi connectivity index (χ1v) is 11.7. The number of hydrogen-bond donors (Lipinski definition) is 0. The van der Waals surface area contributed by atoms with Gasteiger partial charge in [-0.15, -0.1) is 0 Å². The second kappa shape index (κ2) is 7.10. The standard InChI is InChI=1S/C17H36O2Si/c1-14(2)13-17(6,16(3,4)5)15(18)19-11-10-12-20(7,8)9/h14H,10-13H2,1-9H3. The Morgan fingerprint density at radius 3 is 1.95 bits per heavy atom. The lowest BCUT2D eigenvalue weighted by Gasteiger charge is -2.40. The third-order valence-corrected chi connectivity index (χ3v) is 6.08. The molecule has 0 heterocycles.